The fourth-order valence-corrected chi connectivity index (χ4v) is 21.5. The molecular weight excluding hydrogens is 1870 g/mol. The molecule has 0 radical (unpaired) electrons. The van der Waals surface area contributed by atoms with Crippen LogP contribution in [-0.2, 0) is 16.4 Å². The zero-order valence-electron chi connectivity index (χ0n) is 71.7. The molecule has 8 heteroatoms. The van der Waals surface area contributed by atoms with Crippen molar-refractivity contribution in [3.05, 3.63) is 594 Å². The molecule has 0 unspecified atom stereocenters. The van der Waals surface area contributed by atoms with Gasteiger partial charge < -0.3 is 14.2 Å². The largest absolute Gasteiger partial charge is 0.376 e. The Bertz CT molecular complexity index is 7780. The lowest BCUT2D eigenvalue weighted by Crippen LogP contribution is -2.28. The van der Waals surface area contributed by atoms with Gasteiger partial charge in [-0.15, -0.1) is 0 Å². The van der Waals surface area contributed by atoms with Crippen LogP contribution in [0.15, 0.2) is 521 Å². The molecule has 4 aliphatic rings. The van der Waals surface area contributed by atoms with Gasteiger partial charge in [-0.1, -0.05) is 458 Å². The fourth-order valence-electron chi connectivity index (χ4n) is 20.4. The molecule has 4 aliphatic carbocycles. The van der Waals surface area contributed by atoms with E-state index in [0.717, 1.165) is 73.6 Å². The van der Waals surface area contributed by atoms with Gasteiger partial charge >= 0.3 is 0 Å². The first-order valence-corrected chi connectivity index (χ1v) is 47.5. The summed E-state index contributed by atoms with van der Waals surface area (Å²) in [5.74, 6) is 0.149. The van der Waals surface area contributed by atoms with Gasteiger partial charge in [0.15, 0.2) is 5.78 Å². The summed E-state index contributed by atoms with van der Waals surface area (Å²) >= 11 is 13.7. The van der Waals surface area contributed by atoms with Gasteiger partial charge in [0.2, 0.25) is 0 Å². The molecule has 0 aliphatic heterocycles. The molecule has 0 amide bonds. The van der Waals surface area contributed by atoms with E-state index in [4.69, 9.17) is 0 Å². The smallest absolute Gasteiger partial charge is 0.194 e. The molecule has 2 heterocycles. The number of aromatic nitrogens is 2. The Labute approximate surface area is 802 Å². The van der Waals surface area contributed by atoms with E-state index in [0.29, 0.717) is 0 Å². The third-order valence-corrected chi connectivity index (χ3v) is 28.3. The maximum Gasteiger partial charge on any atom is 0.194 e. The minimum Gasteiger partial charge on any atom is -0.376 e. The van der Waals surface area contributed by atoms with Gasteiger partial charge in [-0.3, -0.25) is 4.79 Å². The highest BCUT2D eigenvalue weighted by atomic mass is 79.9. The lowest BCUT2D eigenvalue weighted by molar-refractivity contribution is 0.104. The van der Waals surface area contributed by atoms with Crippen LogP contribution in [0.5, 0.6) is 0 Å². The molecule has 0 fully saturated rings. The number of ketones is 1. The van der Waals surface area contributed by atoms with E-state index in [-0.39, 0.29) is 11.2 Å². The average Bonchev–Trinajstić information content (AvgIpc) is 1.54. The van der Waals surface area contributed by atoms with Crippen molar-refractivity contribution in [2.24, 2.45) is 0 Å². The van der Waals surface area contributed by atoms with E-state index in [2.05, 4.69) is 407 Å². The van der Waals surface area contributed by atoms with Gasteiger partial charge in [-0.2, -0.15) is 0 Å². The molecule has 22 aromatic rings. The molecule has 630 valence electrons. The van der Waals surface area contributed by atoms with Crippen LogP contribution in [0.4, 0.5) is 0 Å². The predicted octanol–water partition coefficient (Wildman–Crippen LogP) is 33.2. The summed E-state index contributed by atoms with van der Waals surface area (Å²) in [4.78, 5) is 11.9. The van der Waals surface area contributed by atoms with E-state index >= 15 is 0 Å². The van der Waals surface area contributed by atoms with E-state index < -0.39 is 11.0 Å². The van der Waals surface area contributed by atoms with E-state index in [1.54, 1.807) is 0 Å². The standard InChI is InChI=1S/C55H36N2.C25H17Br.C19H13BrO.C13H8O.C6H4Br2.C6H6/c1-3-15-39(16-4-1)55(49-23-11-7-19-43(49)44-20-8-12-24-50(44)55)40-29-31-42(32-30-40)57-52-26-14-10-22-46(52)48-36-38(28-34-54(48)57)37-27-33-53-47(35-37)45-21-9-13-25-51(45)56(53)41-17-5-2-6-18-41;26-20-16-14-19(15-17-20)25(18-8-2-1-3-9-18)23-12-6-4-10-21(23)22-11-5-7-13-24(22)25;20-14-11-9-13(10-12-14)19(21)17-7-3-1-5-15(17)16-6-2-4-8-18(16)19;14-13-11-7-3-1-5-9(11)10-6-2-4-8-12(10)13;7-5-1-2-6(8)4-3-5;1-2-4-6-5-3-1/h1-36H;1-17H;1-12,21H;1-8H;1-4H;1-6H. The monoisotopic (exact) mass is 1950 g/mol. The quantitative estimate of drug-likeness (QED) is 0.165. The molecular formula is C124H84Br4N2O2. The number of carbonyl (C=O) groups excluding carboxylic acids is 1. The van der Waals surface area contributed by atoms with Crippen molar-refractivity contribution in [3.8, 4) is 67.0 Å². The SMILES string of the molecule is Brc1ccc(Br)cc1.Brc1ccc(C2(c3ccccc3)c3ccccc3-c3ccccc32)cc1.O=C1c2ccccc2-c2ccccc21.OC1(c2ccc(Br)cc2)c2ccccc2-c2ccccc21.c1ccc(-n2c3ccccc3c3cc(-c4ccc5c(c4)c4ccccc4n5-c4ccc(C5(c6ccccc6)c6ccccc6-c6ccccc65)cc4)ccc32)cc1.c1ccccc1. The first kappa shape index (κ1) is 84.4. The first-order valence-electron chi connectivity index (χ1n) is 44.3. The van der Waals surface area contributed by atoms with Gasteiger partial charge in [-0.05, 0) is 215 Å². The van der Waals surface area contributed by atoms with Crippen molar-refractivity contribution in [2.45, 2.75) is 16.4 Å². The summed E-state index contributed by atoms with van der Waals surface area (Å²) in [6, 6.07) is 177. The van der Waals surface area contributed by atoms with Crippen molar-refractivity contribution in [1.82, 2.24) is 9.13 Å². The van der Waals surface area contributed by atoms with Crippen molar-refractivity contribution in [3.63, 3.8) is 0 Å². The van der Waals surface area contributed by atoms with Gasteiger partial charge in [0, 0.05) is 73.1 Å². The Morgan fingerprint density at radius 2 is 0.424 bits per heavy atom. The molecule has 2 aromatic heterocycles. The molecule has 1 N–H and O–H groups in total. The van der Waals surface area contributed by atoms with Crippen molar-refractivity contribution in [1.29, 1.82) is 0 Å². The van der Waals surface area contributed by atoms with Crippen LogP contribution in [0.25, 0.3) is 111 Å². The highest BCUT2D eigenvalue weighted by molar-refractivity contribution is 9.11. The van der Waals surface area contributed by atoms with Crippen LogP contribution >= 0.6 is 63.7 Å². The predicted molar refractivity (Wildman–Crippen MR) is 561 cm³/mol. The highest BCUT2D eigenvalue weighted by Crippen LogP contribution is 2.59. The van der Waals surface area contributed by atoms with Crippen LogP contribution in [0.2, 0.25) is 0 Å². The molecule has 0 bridgehead atoms. The lowest BCUT2D eigenvalue weighted by atomic mass is 9.68. The summed E-state index contributed by atoms with van der Waals surface area (Å²) in [5, 5.41) is 16.6. The number of hydrogen-bond donors (Lipinski definition) is 1. The van der Waals surface area contributed by atoms with E-state index in [1.165, 1.54) is 127 Å². The highest BCUT2D eigenvalue weighted by Gasteiger charge is 2.48. The van der Waals surface area contributed by atoms with Gasteiger partial charge in [-0.25, -0.2) is 0 Å². The van der Waals surface area contributed by atoms with Crippen LogP contribution in [0.3, 0.4) is 0 Å². The summed E-state index contributed by atoms with van der Waals surface area (Å²) in [6.07, 6.45) is 0. The molecule has 20 aromatic carbocycles. The van der Waals surface area contributed by atoms with Crippen molar-refractivity contribution in [2.75, 3.05) is 0 Å². The van der Waals surface area contributed by atoms with Crippen LogP contribution in [0, 0.1) is 0 Å². The second-order valence-electron chi connectivity index (χ2n) is 33.3. The average molecular weight is 1950 g/mol. The topological polar surface area (TPSA) is 47.2 Å². The number of nitrogens with zero attached hydrogens (tertiary/aromatic N) is 2. The Morgan fingerprint density at radius 1 is 0.189 bits per heavy atom. The number of carbonyl (C=O) groups is 1. The lowest BCUT2D eigenvalue weighted by Gasteiger charge is -2.34. The molecule has 4 nitrogen and oxygen atoms in total. The number of aliphatic hydroxyl groups is 1. The minimum atomic E-state index is -1.08. The Hall–Kier alpha value is -14.5. The second-order valence-corrected chi connectivity index (χ2v) is 37.0. The Balaban J connectivity index is 0.000000114. The first-order chi connectivity index (χ1) is 65.0. The van der Waals surface area contributed by atoms with Crippen molar-refractivity contribution < 1.29 is 9.90 Å². The van der Waals surface area contributed by atoms with E-state index in [1.807, 2.05) is 170 Å². The molecule has 0 saturated heterocycles. The Kier molecular flexibility index (Phi) is 23.3. The zero-order chi connectivity index (χ0) is 89.3. The van der Waals surface area contributed by atoms with Gasteiger partial charge in [0.25, 0.3) is 0 Å². The maximum absolute atomic E-state index is 11.9. The Morgan fingerprint density at radius 3 is 0.780 bits per heavy atom. The summed E-state index contributed by atoms with van der Waals surface area (Å²) < 4.78 is 9.14. The van der Waals surface area contributed by atoms with Crippen LogP contribution in [-0.4, -0.2) is 20.0 Å². The van der Waals surface area contributed by atoms with Gasteiger partial charge in [0.1, 0.15) is 5.60 Å². The van der Waals surface area contributed by atoms with Gasteiger partial charge in [0.05, 0.1) is 32.9 Å². The number of halogens is 4. The number of para-hydroxylation sites is 3. The zero-order valence-corrected chi connectivity index (χ0v) is 78.0. The molecule has 26 rings (SSSR count). The van der Waals surface area contributed by atoms with Crippen molar-refractivity contribution >= 4 is 113 Å². The summed E-state index contributed by atoms with van der Waals surface area (Å²) in [5.41, 5.74) is 32.4. The maximum atomic E-state index is 11.9. The van der Waals surface area contributed by atoms with Crippen LogP contribution < -0.4 is 0 Å². The number of benzene rings is 20. The second kappa shape index (κ2) is 36.5. The number of fused-ring (bicyclic) bond motifs is 18. The molecule has 132 heavy (non-hydrogen) atoms. The number of hydrogen-bond acceptors (Lipinski definition) is 2. The third-order valence-electron chi connectivity index (χ3n) is 26.1. The van der Waals surface area contributed by atoms with Crippen LogP contribution in [0.1, 0.15) is 77.1 Å². The normalized spacial score (nSPS) is 12.9. The van der Waals surface area contributed by atoms with E-state index in [9.17, 15) is 9.90 Å². The summed E-state index contributed by atoms with van der Waals surface area (Å²) in [6.45, 7) is 0. The molecule has 0 spiro atoms. The number of rotatable bonds is 8. The minimum absolute atomic E-state index is 0.149. The third kappa shape index (κ3) is 15.0. The summed E-state index contributed by atoms with van der Waals surface area (Å²) in [7, 11) is 0. The molecule has 0 saturated carbocycles. The fraction of sp³-hybridized carbons (Fsp3) is 0.0242. The molecule has 0 atom stereocenters.